The number of hydrogen-bond donors (Lipinski definition) is 2. The zero-order valence-corrected chi connectivity index (χ0v) is 21.3. The molecule has 0 aliphatic heterocycles. The Labute approximate surface area is 226 Å². The van der Waals surface area contributed by atoms with Crippen molar-refractivity contribution in [3.63, 3.8) is 0 Å². The summed E-state index contributed by atoms with van der Waals surface area (Å²) >= 11 is 0. The van der Waals surface area contributed by atoms with Gasteiger partial charge >= 0.3 is 11.8 Å². The molecule has 0 unspecified atom stereocenters. The summed E-state index contributed by atoms with van der Waals surface area (Å²) in [4.78, 5) is 25.3. The first-order valence-electron chi connectivity index (χ1n) is 12.8. The largest absolute Gasteiger partial charge is 0.417 e. The molecule has 194 valence electrons. The van der Waals surface area contributed by atoms with Gasteiger partial charge in [-0.25, -0.2) is 0 Å². The van der Waals surface area contributed by atoms with Crippen molar-refractivity contribution in [2.75, 3.05) is 13.1 Å². The van der Waals surface area contributed by atoms with E-state index < -0.39 is 5.91 Å². The highest BCUT2D eigenvalue weighted by Gasteiger charge is 2.19. The maximum absolute atomic E-state index is 12.7. The van der Waals surface area contributed by atoms with Crippen LogP contribution >= 0.6 is 0 Å². The number of nitrogens with zero attached hydrogens (tertiary/aromatic N) is 2. The highest BCUT2D eigenvalue weighted by atomic mass is 16.4. The SMILES string of the molecule is O=C(NCCc1nnc(C(=O)NCC(c2ccccc2)c2ccccc2)o1)c1ccc(-c2ccccc2)cc1. The monoisotopic (exact) mass is 516 g/mol. The van der Waals surface area contributed by atoms with E-state index in [1.807, 2.05) is 103 Å². The van der Waals surface area contributed by atoms with Gasteiger partial charge in [0.1, 0.15) is 0 Å². The average molecular weight is 517 g/mol. The van der Waals surface area contributed by atoms with Crippen LogP contribution in [-0.4, -0.2) is 35.1 Å². The predicted octanol–water partition coefficient (Wildman–Crippen LogP) is 5.27. The normalized spacial score (nSPS) is 10.8. The van der Waals surface area contributed by atoms with E-state index in [-0.39, 0.29) is 23.6 Å². The molecule has 0 atom stereocenters. The number of carbonyl (C=O) groups is 2. The van der Waals surface area contributed by atoms with E-state index in [0.29, 0.717) is 25.1 Å². The third-order valence-corrected chi connectivity index (χ3v) is 6.41. The van der Waals surface area contributed by atoms with Crippen LogP contribution < -0.4 is 10.6 Å². The molecule has 2 amide bonds. The zero-order valence-electron chi connectivity index (χ0n) is 21.3. The Bertz CT molecular complexity index is 1460. The molecule has 0 saturated carbocycles. The summed E-state index contributed by atoms with van der Waals surface area (Å²) in [5.41, 5.74) is 4.90. The van der Waals surface area contributed by atoms with Crippen molar-refractivity contribution in [3.8, 4) is 11.1 Å². The molecule has 0 aliphatic carbocycles. The Kier molecular flexibility index (Phi) is 8.19. The summed E-state index contributed by atoms with van der Waals surface area (Å²) < 4.78 is 5.56. The lowest BCUT2D eigenvalue weighted by molar-refractivity contribution is 0.0912. The Morgan fingerprint density at radius 3 is 1.82 bits per heavy atom. The van der Waals surface area contributed by atoms with Gasteiger partial charge in [-0.3, -0.25) is 9.59 Å². The van der Waals surface area contributed by atoms with Crippen LogP contribution in [0.5, 0.6) is 0 Å². The maximum atomic E-state index is 12.7. The molecule has 5 aromatic rings. The Morgan fingerprint density at radius 2 is 1.21 bits per heavy atom. The van der Waals surface area contributed by atoms with Gasteiger partial charge in [0.25, 0.3) is 5.91 Å². The van der Waals surface area contributed by atoms with Gasteiger partial charge in [-0.2, -0.15) is 0 Å². The highest BCUT2D eigenvalue weighted by molar-refractivity contribution is 5.94. The molecule has 4 aromatic carbocycles. The number of carbonyl (C=O) groups excluding carboxylic acids is 2. The van der Waals surface area contributed by atoms with Gasteiger partial charge in [-0.1, -0.05) is 103 Å². The fourth-order valence-electron chi connectivity index (χ4n) is 4.35. The van der Waals surface area contributed by atoms with Gasteiger partial charge in [0.2, 0.25) is 5.89 Å². The summed E-state index contributed by atoms with van der Waals surface area (Å²) in [5.74, 6) is -0.473. The lowest BCUT2D eigenvalue weighted by atomic mass is 9.91. The first-order chi connectivity index (χ1) is 19.2. The first-order valence-corrected chi connectivity index (χ1v) is 12.8. The van der Waals surface area contributed by atoms with Crippen molar-refractivity contribution in [2.45, 2.75) is 12.3 Å². The van der Waals surface area contributed by atoms with Crippen molar-refractivity contribution >= 4 is 11.8 Å². The molecule has 1 aromatic heterocycles. The second-order valence-electron chi connectivity index (χ2n) is 9.03. The summed E-state index contributed by atoms with van der Waals surface area (Å²) in [6, 6.07) is 37.5. The molecule has 0 aliphatic rings. The highest BCUT2D eigenvalue weighted by Crippen LogP contribution is 2.24. The fraction of sp³-hybridized carbons (Fsp3) is 0.125. The van der Waals surface area contributed by atoms with Gasteiger partial charge in [0.15, 0.2) is 0 Å². The molecule has 0 saturated heterocycles. The lowest BCUT2D eigenvalue weighted by Crippen LogP contribution is -2.29. The van der Waals surface area contributed by atoms with Crippen LogP contribution in [0.1, 0.15) is 44.0 Å². The standard InChI is InChI=1S/C32H28N4O3/c37-30(27-18-16-24(17-19-27)23-10-4-1-5-11-23)33-21-20-29-35-36-32(39-29)31(38)34-22-28(25-12-6-2-7-13-25)26-14-8-3-9-15-26/h1-19,28H,20-22H2,(H,33,37)(H,34,38). The molecule has 2 N–H and O–H groups in total. The van der Waals surface area contributed by atoms with Crippen LogP contribution in [0.15, 0.2) is 120 Å². The molecule has 0 radical (unpaired) electrons. The quantitative estimate of drug-likeness (QED) is 0.264. The first kappa shape index (κ1) is 25.6. The molecular formula is C32H28N4O3. The Morgan fingerprint density at radius 1 is 0.641 bits per heavy atom. The van der Waals surface area contributed by atoms with E-state index in [2.05, 4.69) is 20.8 Å². The lowest BCUT2D eigenvalue weighted by Gasteiger charge is -2.18. The van der Waals surface area contributed by atoms with Crippen molar-refractivity contribution in [3.05, 3.63) is 144 Å². The van der Waals surface area contributed by atoms with Crippen LogP contribution in [0.4, 0.5) is 0 Å². The summed E-state index contributed by atoms with van der Waals surface area (Å²) in [6.07, 6.45) is 0.310. The minimum atomic E-state index is -0.437. The second kappa shape index (κ2) is 12.5. The van der Waals surface area contributed by atoms with E-state index in [9.17, 15) is 9.59 Å². The van der Waals surface area contributed by atoms with Crippen LogP contribution in [0, 0.1) is 0 Å². The number of amides is 2. The van der Waals surface area contributed by atoms with E-state index >= 15 is 0 Å². The van der Waals surface area contributed by atoms with Gasteiger partial charge in [-0.15, -0.1) is 10.2 Å². The molecule has 0 fully saturated rings. The average Bonchev–Trinajstić information content (AvgIpc) is 3.48. The number of aromatic nitrogens is 2. The molecule has 7 nitrogen and oxygen atoms in total. The maximum Gasteiger partial charge on any atom is 0.308 e. The predicted molar refractivity (Wildman–Crippen MR) is 149 cm³/mol. The van der Waals surface area contributed by atoms with E-state index in [4.69, 9.17) is 4.42 Å². The third kappa shape index (κ3) is 6.64. The number of hydrogen-bond acceptors (Lipinski definition) is 5. The van der Waals surface area contributed by atoms with Crippen molar-refractivity contribution in [1.29, 1.82) is 0 Å². The van der Waals surface area contributed by atoms with Gasteiger partial charge in [0, 0.05) is 31.0 Å². The molecule has 0 spiro atoms. The number of nitrogens with one attached hydrogen (secondary N) is 2. The van der Waals surface area contributed by atoms with Crippen LogP contribution in [0.2, 0.25) is 0 Å². The van der Waals surface area contributed by atoms with Crippen LogP contribution in [0.25, 0.3) is 11.1 Å². The van der Waals surface area contributed by atoms with Crippen molar-refractivity contribution < 1.29 is 14.0 Å². The summed E-state index contributed by atoms with van der Waals surface area (Å²) in [6.45, 7) is 0.677. The second-order valence-corrected chi connectivity index (χ2v) is 9.03. The van der Waals surface area contributed by atoms with Gasteiger partial charge < -0.3 is 15.1 Å². The number of rotatable bonds is 10. The topological polar surface area (TPSA) is 97.1 Å². The van der Waals surface area contributed by atoms with Crippen LogP contribution in [0.3, 0.4) is 0 Å². The minimum Gasteiger partial charge on any atom is -0.417 e. The third-order valence-electron chi connectivity index (χ3n) is 6.41. The summed E-state index contributed by atoms with van der Waals surface area (Å²) in [7, 11) is 0. The smallest absolute Gasteiger partial charge is 0.308 e. The van der Waals surface area contributed by atoms with E-state index in [0.717, 1.165) is 22.3 Å². The molecule has 5 rings (SSSR count). The van der Waals surface area contributed by atoms with Gasteiger partial charge in [0.05, 0.1) is 0 Å². The van der Waals surface area contributed by atoms with Crippen molar-refractivity contribution in [1.82, 2.24) is 20.8 Å². The van der Waals surface area contributed by atoms with Crippen molar-refractivity contribution in [2.24, 2.45) is 0 Å². The van der Waals surface area contributed by atoms with E-state index in [1.54, 1.807) is 12.1 Å². The Balaban J connectivity index is 1.13. The molecular weight excluding hydrogens is 488 g/mol. The Hall–Kier alpha value is -5.04. The minimum absolute atomic E-state index is 0.0179. The molecule has 7 heteroatoms. The fourth-order valence-corrected chi connectivity index (χ4v) is 4.35. The van der Waals surface area contributed by atoms with Gasteiger partial charge in [-0.05, 0) is 34.4 Å². The number of benzene rings is 4. The summed E-state index contributed by atoms with van der Waals surface area (Å²) in [5, 5.41) is 13.6. The van der Waals surface area contributed by atoms with E-state index in [1.165, 1.54) is 0 Å². The molecule has 39 heavy (non-hydrogen) atoms. The molecule has 1 heterocycles. The van der Waals surface area contributed by atoms with Crippen LogP contribution in [-0.2, 0) is 6.42 Å². The zero-order chi connectivity index (χ0) is 26.9. The molecule has 0 bridgehead atoms.